The Morgan fingerprint density at radius 2 is 1.71 bits per heavy atom. The Labute approximate surface area is 182 Å². The molecule has 2 heterocycles. The van der Waals surface area contributed by atoms with E-state index >= 15 is 0 Å². The fourth-order valence-electron chi connectivity index (χ4n) is 4.50. The van der Waals surface area contributed by atoms with Crippen LogP contribution in [0.4, 0.5) is 5.95 Å². The third kappa shape index (κ3) is 3.91. The number of aromatic nitrogens is 2. The van der Waals surface area contributed by atoms with Crippen LogP contribution in [-0.2, 0) is 0 Å². The minimum absolute atomic E-state index is 0.0690. The second-order valence-corrected chi connectivity index (χ2v) is 8.16. The van der Waals surface area contributed by atoms with Crippen LogP contribution in [0.5, 0.6) is 5.75 Å². The van der Waals surface area contributed by atoms with Crippen LogP contribution in [0.3, 0.4) is 0 Å². The summed E-state index contributed by atoms with van der Waals surface area (Å²) < 4.78 is 6.01. The van der Waals surface area contributed by atoms with Gasteiger partial charge < -0.3 is 15.4 Å². The van der Waals surface area contributed by atoms with E-state index in [9.17, 15) is 4.79 Å². The second kappa shape index (κ2) is 8.47. The van der Waals surface area contributed by atoms with Crippen molar-refractivity contribution < 1.29 is 9.53 Å². The number of carbonyl (C=O) groups is 1. The normalized spacial score (nSPS) is 15.5. The van der Waals surface area contributed by atoms with E-state index in [0.717, 1.165) is 29.8 Å². The first-order chi connectivity index (χ1) is 15.2. The number of rotatable bonds is 6. The number of fused-ring (bicyclic) bond motifs is 3. The Morgan fingerprint density at radius 3 is 2.52 bits per heavy atom. The summed E-state index contributed by atoms with van der Waals surface area (Å²) in [6.45, 7) is 4.11. The van der Waals surface area contributed by atoms with Crippen molar-refractivity contribution in [3.05, 3.63) is 59.7 Å². The highest BCUT2D eigenvalue weighted by atomic mass is 16.5. The maximum absolute atomic E-state index is 13.2. The van der Waals surface area contributed by atoms with E-state index in [4.69, 9.17) is 10.5 Å². The molecule has 1 aliphatic carbocycles. The molecule has 0 radical (unpaired) electrons. The average molecular weight is 415 g/mol. The van der Waals surface area contributed by atoms with Gasteiger partial charge >= 0.3 is 0 Å². The summed E-state index contributed by atoms with van der Waals surface area (Å²) in [4.78, 5) is 24.5. The fraction of sp³-hybridized carbons (Fsp3) is 0.320. The monoisotopic (exact) mass is 414 g/mol. The summed E-state index contributed by atoms with van der Waals surface area (Å²) in [7, 11) is 0. The lowest BCUT2D eigenvalue weighted by Crippen LogP contribution is -2.31. The van der Waals surface area contributed by atoms with Gasteiger partial charge in [0.05, 0.1) is 23.6 Å². The lowest BCUT2D eigenvalue weighted by molar-refractivity contribution is 0.104. The van der Waals surface area contributed by atoms with E-state index in [-0.39, 0.29) is 11.7 Å². The Kier molecular flexibility index (Phi) is 5.38. The number of hydrogen-bond acceptors (Lipinski definition) is 6. The number of nitrogens with two attached hydrogens (primary N) is 1. The standard InChI is InChI=1S/C25H26N4O2/c26-25-27-22(17-8-3-1-4-9-17)21-23(28-25)20-16-18(10-11-19(20)24(21)30)31-15-7-14-29-12-5-2-6-13-29/h1,3-4,8-11,16H,2,5-7,12-15H2,(H2,26,27,28). The predicted molar refractivity (Wildman–Crippen MR) is 121 cm³/mol. The van der Waals surface area contributed by atoms with E-state index in [1.165, 1.54) is 32.4 Å². The largest absolute Gasteiger partial charge is 0.494 e. The highest BCUT2D eigenvalue weighted by Gasteiger charge is 2.33. The topological polar surface area (TPSA) is 81.3 Å². The smallest absolute Gasteiger partial charge is 0.221 e. The van der Waals surface area contributed by atoms with Crippen molar-refractivity contribution in [1.82, 2.24) is 14.9 Å². The van der Waals surface area contributed by atoms with Crippen molar-refractivity contribution in [1.29, 1.82) is 0 Å². The Bertz CT molecular complexity index is 1110. The Morgan fingerprint density at radius 1 is 0.935 bits per heavy atom. The molecule has 158 valence electrons. The summed E-state index contributed by atoms with van der Waals surface area (Å²) in [6.07, 6.45) is 4.94. The molecule has 0 atom stereocenters. The van der Waals surface area contributed by atoms with Gasteiger partial charge in [-0.05, 0) is 50.6 Å². The number of carbonyl (C=O) groups excluding carboxylic acids is 1. The molecule has 1 aromatic heterocycles. The molecule has 31 heavy (non-hydrogen) atoms. The minimum Gasteiger partial charge on any atom is -0.494 e. The summed E-state index contributed by atoms with van der Waals surface area (Å²) in [5, 5.41) is 0. The summed E-state index contributed by atoms with van der Waals surface area (Å²) in [6, 6.07) is 15.2. The number of piperidine rings is 1. The van der Waals surface area contributed by atoms with Crippen molar-refractivity contribution in [2.75, 3.05) is 32.0 Å². The number of anilines is 1. The van der Waals surface area contributed by atoms with Gasteiger partial charge in [0.1, 0.15) is 5.75 Å². The molecule has 0 unspecified atom stereocenters. The molecule has 2 N–H and O–H groups in total. The molecule has 0 spiro atoms. The van der Waals surface area contributed by atoms with E-state index < -0.39 is 0 Å². The van der Waals surface area contributed by atoms with Gasteiger partial charge in [-0.2, -0.15) is 0 Å². The zero-order chi connectivity index (χ0) is 21.2. The zero-order valence-electron chi connectivity index (χ0n) is 17.5. The van der Waals surface area contributed by atoms with Gasteiger partial charge in [-0.3, -0.25) is 4.79 Å². The van der Waals surface area contributed by atoms with Crippen molar-refractivity contribution in [2.45, 2.75) is 25.7 Å². The summed E-state index contributed by atoms with van der Waals surface area (Å²) >= 11 is 0. The number of hydrogen-bond donors (Lipinski definition) is 1. The number of benzene rings is 2. The van der Waals surface area contributed by atoms with Gasteiger partial charge in [0.25, 0.3) is 0 Å². The Balaban J connectivity index is 1.37. The van der Waals surface area contributed by atoms with Crippen LogP contribution in [0, 0.1) is 0 Å². The van der Waals surface area contributed by atoms with Crippen molar-refractivity contribution in [3.8, 4) is 28.3 Å². The number of nitrogens with zero attached hydrogens (tertiary/aromatic N) is 3. The van der Waals surface area contributed by atoms with Gasteiger partial charge in [-0.25, -0.2) is 9.97 Å². The highest BCUT2D eigenvalue weighted by molar-refractivity contribution is 6.23. The molecule has 1 fully saturated rings. The molecule has 3 aromatic rings. The predicted octanol–water partition coefficient (Wildman–Crippen LogP) is 4.19. The van der Waals surface area contributed by atoms with Crippen molar-refractivity contribution >= 4 is 11.7 Å². The van der Waals surface area contributed by atoms with Crippen molar-refractivity contribution in [3.63, 3.8) is 0 Å². The van der Waals surface area contributed by atoms with Crippen LogP contribution in [0.1, 0.15) is 41.6 Å². The lowest BCUT2D eigenvalue weighted by Gasteiger charge is -2.26. The molecule has 1 aliphatic heterocycles. The van der Waals surface area contributed by atoms with Gasteiger partial charge in [0.15, 0.2) is 5.78 Å². The van der Waals surface area contributed by atoms with Crippen LogP contribution in [0.15, 0.2) is 48.5 Å². The number of ketones is 1. The molecule has 0 amide bonds. The van der Waals surface area contributed by atoms with Gasteiger partial charge in [0.2, 0.25) is 5.95 Å². The molecule has 2 aromatic carbocycles. The fourth-order valence-corrected chi connectivity index (χ4v) is 4.50. The lowest BCUT2D eigenvalue weighted by atomic mass is 10.0. The molecule has 0 saturated carbocycles. The van der Waals surface area contributed by atoms with Crippen LogP contribution in [0.2, 0.25) is 0 Å². The van der Waals surface area contributed by atoms with E-state index in [1.807, 2.05) is 48.5 Å². The number of likely N-dealkylation sites (tertiary alicyclic amines) is 1. The molecule has 5 rings (SSSR count). The van der Waals surface area contributed by atoms with Crippen LogP contribution >= 0.6 is 0 Å². The van der Waals surface area contributed by atoms with Crippen molar-refractivity contribution in [2.24, 2.45) is 0 Å². The average Bonchev–Trinajstić information content (AvgIpc) is 3.09. The van der Waals surface area contributed by atoms with E-state index in [2.05, 4.69) is 14.9 Å². The molecule has 2 aliphatic rings. The first-order valence-electron chi connectivity index (χ1n) is 11.0. The quantitative estimate of drug-likeness (QED) is 0.477. The highest BCUT2D eigenvalue weighted by Crippen LogP contribution is 2.41. The molecular formula is C25H26N4O2. The molecule has 6 heteroatoms. The van der Waals surface area contributed by atoms with Crippen LogP contribution in [0.25, 0.3) is 22.5 Å². The number of ether oxygens (including phenoxy) is 1. The van der Waals surface area contributed by atoms with Crippen LogP contribution < -0.4 is 10.5 Å². The van der Waals surface area contributed by atoms with E-state index in [0.29, 0.717) is 29.1 Å². The SMILES string of the molecule is Nc1nc(-c2ccccc2)c2c(n1)-c1cc(OCCCN3CCCCC3)ccc1C2=O. The minimum atomic E-state index is -0.0690. The third-order valence-electron chi connectivity index (χ3n) is 6.03. The first-order valence-corrected chi connectivity index (χ1v) is 11.0. The summed E-state index contributed by atoms with van der Waals surface area (Å²) in [5.41, 5.74) is 9.92. The Hall–Kier alpha value is -3.25. The van der Waals surface area contributed by atoms with Gasteiger partial charge in [-0.1, -0.05) is 36.8 Å². The molecular weight excluding hydrogens is 388 g/mol. The summed E-state index contributed by atoms with van der Waals surface area (Å²) in [5.74, 6) is 0.836. The molecule has 1 saturated heterocycles. The second-order valence-electron chi connectivity index (χ2n) is 8.16. The molecule has 6 nitrogen and oxygen atoms in total. The van der Waals surface area contributed by atoms with Gasteiger partial charge in [-0.15, -0.1) is 0 Å². The zero-order valence-corrected chi connectivity index (χ0v) is 17.5. The van der Waals surface area contributed by atoms with Gasteiger partial charge in [0, 0.05) is 23.2 Å². The van der Waals surface area contributed by atoms with E-state index in [1.54, 1.807) is 0 Å². The maximum Gasteiger partial charge on any atom is 0.221 e. The third-order valence-corrected chi connectivity index (χ3v) is 6.03. The number of nitrogen functional groups attached to an aromatic ring is 1. The maximum atomic E-state index is 13.2. The first kappa shape index (κ1) is 19.7. The molecule has 0 bridgehead atoms. The van der Waals surface area contributed by atoms with Crippen LogP contribution in [-0.4, -0.2) is 46.9 Å².